The van der Waals surface area contributed by atoms with Crippen LogP contribution in [-0.4, -0.2) is 48.8 Å². The van der Waals surface area contributed by atoms with E-state index in [0.717, 1.165) is 34.1 Å². The van der Waals surface area contributed by atoms with Crippen LogP contribution in [0.4, 0.5) is 0 Å². The first-order chi connectivity index (χ1) is 18.9. The summed E-state index contributed by atoms with van der Waals surface area (Å²) in [5, 5.41) is 6.99. The number of ether oxygens (including phenoxy) is 1. The molecule has 2 unspecified atom stereocenters. The lowest BCUT2D eigenvalue weighted by Crippen LogP contribution is -2.42. The molecule has 7 heteroatoms. The lowest BCUT2D eigenvalue weighted by atomic mass is 9.85. The molecule has 5 nitrogen and oxygen atoms in total. The molecule has 0 radical (unpaired) electrons. The molecule has 0 aliphatic heterocycles. The maximum atomic E-state index is 13.6. The Morgan fingerprint density at radius 1 is 1.08 bits per heavy atom. The SMILES string of the molecule is CCSC(NC(C)CC1CCCCC1)c1ccc(C(=O)N[C@@H](CCSC)C(=O)OC)c(-c2ccccc2C)c1. The largest absolute Gasteiger partial charge is 0.467 e. The third-order valence-corrected chi connectivity index (χ3v) is 9.33. The molecule has 1 aliphatic carbocycles. The second-order valence-corrected chi connectivity index (χ2v) is 13.0. The molecule has 1 fully saturated rings. The summed E-state index contributed by atoms with van der Waals surface area (Å²) < 4.78 is 4.97. The molecule has 1 aliphatic rings. The molecule has 39 heavy (non-hydrogen) atoms. The van der Waals surface area contributed by atoms with Crippen molar-refractivity contribution >= 4 is 35.4 Å². The zero-order valence-electron chi connectivity index (χ0n) is 24.3. The molecular weight excluding hydrogens is 524 g/mol. The average Bonchev–Trinajstić information content (AvgIpc) is 2.95. The number of aryl methyl sites for hydroxylation is 1. The van der Waals surface area contributed by atoms with Crippen LogP contribution in [0.15, 0.2) is 42.5 Å². The fourth-order valence-electron chi connectivity index (χ4n) is 5.54. The van der Waals surface area contributed by atoms with Gasteiger partial charge in [-0.15, -0.1) is 11.8 Å². The van der Waals surface area contributed by atoms with Gasteiger partial charge in [0.05, 0.1) is 12.5 Å². The Kier molecular flexibility index (Phi) is 13.2. The smallest absolute Gasteiger partial charge is 0.328 e. The van der Waals surface area contributed by atoms with Crippen molar-refractivity contribution in [1.29, 1.82) is 0 Å². The van der Waals surface area contributed by atoms with Crippen molar-refractivity contribution in [2.45, 2.75) is 83.2 Å². The van der Waals surface area contributed by atoms with Crippen LogP contribution < -0.4 is 10.6 Å². The van der Waals surface area contributed by atoms with E-state index >= 15 is 0 Å². The monoisotopic (exact) mass is 570 g/mol. The molecule has 0 heterocycles. The summed E-state index contributed by atoms with van der Waals surface area (Å²) in [7, 11) is 1.36. The van der Waals surface area contributed by atoms with Gasteiger partial charge >= 0.3 is 5.97 Å². The highest BCUT2D eigenvalue weighted by atomic mass is 32.2. The molecule has 2 aromatic rings. The quantitative estimate of drug-likeness (QED) is 0.182. The third-order valence-electron chi connectivity index (χ3n) is 7.61. The van der Waals surface area contributed by atoms with Crippen LogP contribution >= 0.6 is 23.5 Å². The minimum Gasteiger partial charge on any atom is -0.467 e. The van der Waals surface area contributed by atoms with E-state index in [1.54, 1.807) is 11.8 Å². The van der Waals surface area contributed by atoms with Crippen molar-refractivity contribution in [2.24, 2.45) is 5.92 Å². The van der Waals surface area contributed by atoms with Crippen LogP contribution in [-0.2, 0) is 9.53 Å². The van der Waals surface area contributed by atoms with Crippen LogP contribution in [0.2, 0.25) is 0 Å². The maximum absolute atomic E-state index is 13.6. The van der Waals surface area contributed by atoms with Gasteiger partial charge < -0.3 is 10.1 Å². The standard InChI is InChI=1S/C32H46N2O3S2/c1-6-39-31(33-23(3)20-24-13-8-7-9-14-24)25-16-17-27(28(21-25)26-15-11-10-12-22(26)2)30(35)34-29(18-19-38-5)32(36)37-4/h10-12,15-17,21,23-24,29,31,33H,6-9,13-14,18-20H2,1-5H3,(H,34,35)/t23?,29-,31?/m0/s1. The van der Waals surface area contributed by atoms with E-state index in [1.165, 1.54) is 51.2 Å². The highest BCUT2D eigenvalue weighted by molar-refractivity contribution is 7.99. The lowest BCUT2D eigenvalue weighted by molar-refractivity contribution is -0.142. The van der Waals surface area contributed by atoms with Crippen molar-refractivity contribution < 1.29 is 14.3 Å². The minimum atomic E-state index is -0.676. The molecule has 0 aromatic heterocycles. The van der Waals surface area contributed by atoms with E-state index in [4.69, 9.17) is 4.74 Å². The molecule has 0 spiro atoms. The van der Waals surface area contributed by atoms with Crippen LogP contribution in [0.1, 0.15) is 85.7 Å². The number of carbonyl (C=O) groups excluding carboxylic acids is 2. The zero-order valence-corrected chi connectivity index (χ0v) is 25.9. The normalized spacial score (nSPS) is 16.3. The molecule has 0 saturated heterocycles. The molecule has 2 aromatic carbocycles. The number of hydrogen-bond acceptors (Lipinski definition) is 6. The summed E-state index contributed by atoms with van der Waals surface area (Å²) >= 11 is 3.53. The second-order valence-electron chi connectivity index (χ2n) is 10.6. The number of esters is 1. The molecule has 1 saturated carbocycles. The number of benzene rings is 2. The van der Waals surface area contributed by atoms with Gasteiger partial charge in [0.25, 0.3) is 5.91 Å². The zero-order chi connectivity index (χ0) is 28.2. The Balaban J connectivity index is 1.92. The first-order valence-electron chi connectivity index (χ1n) is 14.3. The fourth-order valence-corrected chi connectivity index (χ4v) is 7.01. The predicted molar refractivity (Wildman–Crippen MR) is 168 cm³/mol. The molecular formula is C32H46N2O3S2. The van der Waals surface area contributed by atoms with Gasteiger partial charge in [-0.1, -0.05) is 69.4 Å². The van der Waals surface area contributed by atoms with Gasteiger partial charge in [-0.25, -0.2) is 4.79 Å². The fraction of sp³-hybridized carbons (Fsp3) is 0.562. The molecule has 214 valence electrons. The highest BCUT2D eigenvalue weighted by Crippen LogP contribution is 2.35. The van der Waals surface area contributed by atoms with E-state index in [9.17, 15) is 9.59 Å². The number of nitrogens with one attached hydrogen (secondary N) is 2. The Labute approximate surface area is 244 Å². The number of hydrogen-bond donors (Lipinski definition) is 2. The van der Waals surface area contributed by atoms with Crippen LogP contribution in [0, 0.1) is 12.8 Å². The number of amides is 1. The minimum absolute atomic E-state index is 0.137. The number of rotatable bonds is 14. The number of thioether (sulfide) groups is 2. The highest BCUT2D eigenvalue weighted by Gasteiger charge is 2.25. The maximum Gasteiger partial charge on any atom is 0.328 e. The lowest BCUT2D eigenvalue weighted by Gasteiger charge is -2.29. The van der Waals surface area contributed by atoms with E-state index < -0.39 is 12.0 Å². The van der Waals surface area contributed by atoms with Crippen LogP contribution in [0.5, 0.6) is 0 Å². The van der Waals surface area contributed by atoms with Gasteiger partial charge in [-0.3, -0.25) is 10.1 Å². The van der Waals surface area contributed by atoms with Gasteiger partial charge in [0, 0.05) is 11.6 Å². The first kappa shape index (κ1) is 31.6. The van der Waals surface area contributed by atoms with Crippen molar-refractivity contribution in [3.05, 3.63) is 59.2 Å². The Bertz CT molecular complexity index is 1070. The number of methoxy groups -OCH3 is 1. The van der Waals surface area contributed by atoms with E-state index in [0.29, 0.717) is 18.0 Å². The number of carbonyl (C=O) groups is 2. The van der Waals surface area contributed by atoms with E-state index in [1.807, 2.05) is 36.2 Å². The van der Waals surface area contributed by atoms with Crippen molar-refractivity contribution in [3.8, 4) is 11.1 Å². The Hall–Kier alpha value is -1.96. The van der Waals surface area contributed by atoms with Crippen molar-refractivity contribution in [1.82, 2.24) is 10.6 Å². The predicted octanol–water partition coefficient (Wildman–Crippen LogP) is 7.39. The summed E-state index contributed by atoms with van der Waals surface area (Å²) in [5.74, 6) is 1.89. The second kappa shape index (κ2) is 16.3. The van der Waals surface area contributed by atoms with Crippen molar-refractivity contribution in [3.63, 3.8) is 0 Å². The summed E-state index contributed by atoms with van der Waals surface area (Å²) in [4.78, 5) is 26.0. The third kappa shape index (κ3) is 9.29. The summed E-state index contributed by atoms with van der Waals surface area (Å²) in [6.45, 7) is 6.57. The molecule has 3 rings (SSSR count). The van der Waals surface area contributed by atoms with E-state index in [-0.39, 0.29) is 11.3 Å². The molecule has 2 N–H and O–H groups in total. The average molecular weight is 571 g/mol. The van der Waals surface area contributed by atoms with Crippen LogP contribution in [0.25, 0.3) is 11.1 Å². The molecule has 1 amide bonds. The topological polar surface area (TPSA) is 67.4 Å². The van der Waals surface area contributed by atoms with E-state index in [2.05, 4.69) is 55.7 Å². The Morgan fingerprint density at radius 2 is 1.82 bits per heavy atom. The van der Waals surface area contributed by atoms with Gasteiger partial charge in [-0.2, -0.15) is 11.8 Å². The van der Waals surface area contributed by atoms with Crippen molar-refractivity contribution in [2.75, 3.05) is 24.9 Å². The summed E-state index contributed by atoms with van der Waals surface area (Å²) in [6.07, 6.45) is 10.5. The van der Waals surface area contributed by atoms with Gasteiger partial charge in [0.2, 0.25) is 0 Å². The van der Waals surface area contributed by atoms with Gasteiger partial charge in [0.15, 0.2) is 0 Å². The molecule has 0 bridgehead atoms. The first-order valence-corrected chi connectivity index (χ1v) is 16.8. The Morgan fingerprint density at radius 3 is 2.49 bits per heavy atom. The molecule has 3 atom stereocenters. The summed E-state index contributed by atoms with van der Waals surface area (Å²) in [5.41, 5.74) is 4.76. The summed E-state index contributed by atoms with van der Waals surface area (Å²) in [6, 6.07) is 14.1. The van der Waals surface area contributed by atoms with Crippen LogP contribution in [0.3, 0.4) is 0 Å². The van der Waals surface area contributed by atoms with Gasteiger partial charge in [0.1, 0.15) is 6.04 Å². The van der Waals surface area contributed by atoms with Gasteiger partial charge in [-0.05, 0) is 84.8 Å².